The molecule has 1 aliphatic carbocycles. The average Bonchev–Trinajstić information content (AvgIpc) is 2.62. The van der Waals surface area contributed by atoms with E-state index in [9.17, 15) is 0 Å². The molecule has 3 unspecified atom stereocenters. The predicted octanol–water partition coefficient (Wildman–Crippen LogP) is 2.31. The number of fused-ring (bicyclic) bond motifs is 1. The van der Waals surface area contributed by atoms with E-state index in [1.54, 1.807) is 0 Å². The van der Waals surface area contributed by atoms with Crippen LogP contribution in [0.3, 0.4) is 0 Å². The first-order chi connectivity index (χ1) is 5.97. The van der Waals surface area contributed by atoms with Crippen LogP contribution in [0.2, 0.25) is 0 Å². The summed E-state index contributed by atoms with van der Waals surface area (Å²) in [5.74, 6) is 1.30. The van der Waals surface area contributed by atoms with Crippen LogP contribution in [0.4, 0.5) is 0 Å². The Bertz CT molecular complexity index is 315. The van der Waals surface area contributed by atoms with Crippen LogP contribution in [0.25, 0.3) is 0 Å². The Kier molecular flexibility index (Phi) is 1.12. The first kappa shape index (κ1) is 6.30. The highest BCUT2D eigenvalue weighted by Crippen LogP contribution is 2.53. The van der Waals surface area contributed by atoms with E-state index in [0.29, 0.717) is 17.9 Å². The van der Waals surface area contributed by atoms with Crippen molar-refractivity contribution < 1.29 is 4.74 Å². The Hall–Kier alpha value is -1.24. The van der Waals surface area contributed by atoms with Crippen molar-refractivity contribution in [1.82, 2.24) is 0 Å². The van der Waals surface area contributed by atoms with Gasteiger partial charge in [-0.05, 0) is 11.6 Å². The molecule has 0 aromatic heterocycles. The van der Waals surface area contributed by atoms with Gasteiger partial charge < -0.3 is 4.74 Å². The molecule has 1 fully saturated rings. The number of hydrogen-bond acceptors (Lipinski definition) is 1. The molecule has 1 aromatic carbocycles. The Morgan fingerprint density at radius 1 is 1.08 bits per heavy atom. The van der Waals surface area contributed by atoms with Crippen LogP contribution in [0, 0.1) is 5.92 Å². The number of ether oxygens (including phenoxy) is 1. The second-order valence-corrected chi connectivity index (χ2v) is 3.44. The third-order valence-electron chi connectivity index (χ3n) is 2.73. The van der Waals surface area contributed by atoms with Gasteiger partial charge in [0.25, 0.3) is 0 Å². The average molecular weight is 158 g/mol. The molecule has 1 heteroatoms. The molecular formula is C11H10O. The Labute approximate surface area is 71.7 Å². The zero-order valence-electron chi connectivity index (χ0n) is 6.68. The fourth-order valence-corrected chi connectivity index (χ4v) is 2.02. The molecule has 1 nitrogen and oxygen atoms in total. The van der Waals surface area contributed by atoms with E-state index in [2.05, 4.69) is 36.4 Å². The molecule has 0 N–H and O–H groups in total. The van der Waals surface area contributed by atoms with Gasteiger partial charge in [-0.15, -0.1) is 0 Å². The topological polar surface area (TPSA) is 9.23 Å². The fraction of sp³-hybridized carbons (Fsp3) is 0.273. The summed E-state index contributed by atoms with van der Waals surface area (Å²) in [6.45, 7) is 0. The van der Waals surface area contributed by atoms with Crippen molar-refractivity contribution in [2.45, 2.75) is 12.0 Å². The van der Waals surface area contributed by atoms with Gasteiger partial charge in [0.1, 0.15) is 6.10 Å². The van der Waals surface area contributed by atoms with Gasteiger partial charge in [-0.1, -0.05) is 30.3 Å². The summed E-state index contributed by atoms with van der Waals surface area (Å²) in [6.07, 6.45) is 4.45. The summed E-state index contributed by atoms with van der Waals surface area (Å²) in [4.78, 5) is 0. The Morgan fingerprint density at radius 2 is 1.92 bits per heavy atom. The molecule has 0 radical (unpaired) electrons. The lowest BCUT2D eigenvalue weighted by Gasteiger charge is -1.99. The molecule has 60 valence electrons. The highest BCUT2D eigenvalue weighted by molar-refractivity contribution is 5.34. The maximum Gasteiger partial charge on any atom is 0.112 e. The normalized spacial score (nSPS) is 35.8. The summed E-state index contributed by atoms with van der Waals surface area (Å²) >= 11 is 0. The third-order valence-corrected chi connectivity index (χ3v) is 2.73. The van der Waals surface area contributed by atoms with Crippen LogP contribution in [0.5, 0.6) is 0 Å². The van der Waals surface area contributed by atoms with E-state index in [-0.39, 0.29) is 0 Å². The minimum atomic E-state index is 0.451. The monoisotopic (exact) mass is 158 g/mol. The van der Waals surface area contributed by atoms with Gasteiger partial charge >= 0.3 is 0 Å². The number of benzene rings is 1. The van der Waals surface area contributed by atoms with Crippen molar-refractivity contribution in [2.75, 3.05) is 0 Å². The summed E-state index contributed by atoms with van der Waals surface area (Å²) < 4.78 is 5.41. The molecule has 1 aromatic rings. The lowest BCUT2D eigenvalue weighted by molar-refractivity contribution is 0.237. The highest BCUT2D eigenvalue weighted by Gasteiger charge is 2.53. The van der Waals surface area contributed by atoms with Gasteiger partial charge in [0.15, 0.2) is 0 Å². The zero-order chi connectivity index (χ0) is 7.97. The molecule has 3 rings (SSSR count). The highest BCUT2D eigenvalue weighted by atomic mass is 16.5. The maximum absolute atomic E-state index is 5.41. The second-order valence-electron chi connectivity index (χ2n) is 3.44. The van der Waals surface area contributed by atoms with Crippen LogP contribution in [0.15, 0.2) is 42.7 Å². The number of hydrogen-bond donors (Lipinski definition) is 0. The van der Waals surface area contributed by atoms with Crippen molar-refractivity contribution in [1.29, 1.82) is 0 Å². The molecule has 0 bridgehead atoms. The van der Waals surface area contributed by atoms with Crippen LogP contribution in [-0.2, 0) is 4.74 Å². The van der Waals surface area contributed by atoms with E-state index in [4.69, 9.17) is 4.74 Å². The number of rotatable bonds is 1. The molecule has 1 saturated carbocycles. The molecule has 0 saturated heterocycles. The quantitative estimate of drug-likeness (QED) is 0.609. The van der Waals surface area contributed by atoms with Crippen LogP contribution < -0.4 is 0 Å². The molecular weight excluding hydrogens is 148 g/mol. The van der Waals surface area contributed by atoms with Crippen molar-refractivity contribution in [3.8, 4) is 0 Å². The van der Waals surface area contributed by atoms with E-state index < -0.39 is 0 Å². The van der Waals surface area contributed by atoms with Gasteiger partial charge in [-0.3, -0.25) is 0 Å². The van der Waals surface area contributed by atoms with Crippen molar-refractivity contribution in [2.24, 2.45) is 5.92 Å². The molecule has 0 spiro atoms. The first-order valence-corrected chi connectivity index (χ1v) is 4.34. The molecule has 2 aliphatic rings. The summed E-state index contributed by atoms with van der Waals surface area (Å²) in [7, 11) is 0. The van der Waals surface area contributed by atoms with Crippen LogP contribution in [0.1, 0.15) is 11.5 Å². The summed E-state index contributed by atoms with van der Waals surface area (Å²) in [5, 5.41) is 0. The van der Waals surface area contributed by atoms with Crippen LogP contribution >= 0.6 is 0 Å². The van der Waals surface area contributed by atoms with E-state index in [0.717, 1.165) is 0 Å². The summed E-state index contributed by atoms with van der Waals surface area (Å²) in [5.41, 5.74) is 1.41. The van der Waals surface area contributed by atoms with Crippen molar-refractivity contribution in [3.05, 3.63) is 48.2 Å². The van der Waals surface area contributed by atoms with Gasteiger partial charge in [-0.25, -0.2) is 0 Å². The van der Waals surface area contributed by atoms with Crippen molar-refractivity contribution >= 4 is 0 Å². The first-order valence-electron chi connectivity index (χ1n) is 4.34. The summed E-state index contributed by atoms with van der Waals surface area (Å²) in [6, 6.07) is 10.6. The second kappa shape index (κ2) is 2.13. The maximum atomic E-state index is 5.41. The lowest BCUT2D eigenvalue weighted by Crippen LogP contribution is -1.88. The minimum Gasteiger partial charge on any atom is -0.497 e. The van der Waals surface area contributed by atoms with E-state index >= 15 is 0 Å². The zero-order valence-corrected chi connectivity index (χ0v) is 6.68. The molecule has 12 heavy (non-hydrogen) atoms. The minimum absolute atomic E-state index is 0.451. The van der Waals surface area contributed by atoms with Gasteiger partial charge in [0.05, 0.1) is 6.26 Å². The van der Waals surface area contributed by atoms with Gasteiger partial charge in [-0.2, -0.15) is 0 Å². The van der Waals surface area contributed by atoms with Gasteiger partial charge in [0.2, 0.25) is 0 Å². The third kappa shape index (κ3) is 0.737. The van der Waals surface area contributed by atoms with Crippen LogP contribution in [-0.4, -0.2) is 6.10 Å². The fourth-order valence-electron chi connectivity index (χ4n) is 2.02. The molecule has 3 atom stereocenters. The standard InChI is InChI=1S/C11H10O/c1-2-4-8(5-3-1)10-9-6-7-12-11(9)10/h1-7,9-11H. The molecule has 1 heterocycles. The van der Waals surface area contributed by atoms with E-state index in [1.807, 2.05) is 6.26 Å². The predicted molar refractivity (Wildman–Crippen MR) is 46.7 cm³/mol. The molecule has 0 amide bonds. The SMILES string of the molecule is C1=CC2C(O1)C2c1ccccc1. The molecule has 1 aliphatic heterocycles. The largest absolute Gasteiger partial charge is 0.497 e. The van der Waals surface area contributed by atoms with Gasteiger partial charge in [0, 0.05) is 11.8 Å². The Balaban J connectivity index is 1.90. The lowest BCUT2D eigenvalue weighted by atomic mass is 10.1. The smallest absolute Gasteiger partial charge is 0.112 e. The van der Waals surface area contributed by atoms with Crippen molar-refractivity contribution in [3.63, 3.8) is 0 Å². The Morgan fingerprint density at radius 3 is 2.58 bits per heavy atom. The van der Waals surface area contributed by atoms with E-state index in [1.165, 1.54) is 5.56 Å².